The zero-order valence-corrected chi connectivity index (χ0v) is 10.3. The normalized spacial score (nSPS) is 13.6. The average molecular weight is 227 g/mol. The Bertz CT molecular complexity index is 242. The molecule has 0 aliphatic carbocycles. The number of rotatable bonds is 3. The Balaban J connectivity index is 0.000000293. The van der Waals surface area contributed by atoms with Crippen LogP contribution in [0.4, 0.5) is 4.79 Å². The van der Waals surface area contributed by atoms with Gasteiger partial charge in [0.25, 0.3) is 0 Å². The van der Waals surface area contributed by atoms with Gasteiger partial charge in [0.2, 0.25) is 0 Å². The van der Waals surface area contributed by atoms with Crippen molar-refractivity contribution >= 4 is 12.3 Å². The highest BCUT2D eigenvalue weighted by Gasteiger charge is 2.06. The summed E-state index contributed by atoms with van der Waals surface area (Å²) >= 11 is 0. The van der Waals surface area contributed by atoms with Gasteiger partial charge >= 0.3 is 6.09 Å². The summed E-state index contributed by atoms with van der Waals surface area (Å²) in [5.41, 5.74) is 0. The number of hydrogen-bond acceptors (Lipinski definition) is 3. The van der Waals surface area contributed by atoms with Crippen LogP contribution in [0.15, 0.2) is 17.3 Å². The molecule has 1 heterocycles. The highest BCUT2D eigenvalue weighted by molar-refractivity contribution is 5.75. The van der Waals surface area contributed by atoms with Gasteiger partial charge in [-0.25, -0.2) is 4.79 Å². The standard InChI is InChI=1S/C6H15N.C5H6N2O2/c1-4-7(5-2)6-3;8-5(9)7-3-1-2-6-4-7/h4-6H2,1-3H3;1-3H,4H2,(H,8,9). The number of aliphatic imine (C=N–C) groups is 1. The predicted octanol–water partition coefficient (Wildman–Crippen LogP) is 1.87. The van der Waals surface area contributed by atoms with Crippen molar-refractivity contribution in [1.82, 2.24) is 9.80 Å². The third kappa shape index (κ3) is 6.19. The van der Waals surface area contributed by atoms with Crippen LogP contribution in [-0.2, 0) is 0 Å². The van der Waals surface area contributed by atoms with Gasteiger partial charge in [-0.05, 0) is 25.7 Å². The van der Waals surface area contributed by atoms with Crippen molar-refractivity contribution < 1.29 is 9.90 Å². The van der Waals surface area contributed by atoms with Crippen molar-refractivity contribution in [1.29, 1.82) is 0 Å². The van der Waals surface area contributed by atoms with E-state index in [-0.39, 0.29) is 6.67 Å². The van der Waals surface area contributed by atoms with Crippen LogP contribution in [-0.4, -0.2) is 53.5 Å². The minimum absolute atomic E-state index is 0.214. The number of carbonyl (C=O) groups is 1. The fraction of sp³-hybridized carbons (Fsp3) is 0.636. The molecule has 16 heavy (non-hydrogen) atoms. The molecule has 92 valence electrons. The van der Waals surface area contributed by atoms with Gasteiger partial charge in [-0.15, -0.1) is 0 Å². The molecule has 5 heteroatoms. The fourth-order valence-corrected chi connectivity index (χ4v) is 1.18. The second-order valence-corrected chi connectivity index (χ2v) is 3.19. The maximum Gasteiger partial charge on any atom is 0.412 e. The molecule has 1 aliphatic rings. The zero-order chi connectivity index (χ0) is 12.4. The highest BCUT2D eigenvalue weighted by Crippen LogP contribution is 1.94. The largest absolute Gasteiger partial charge is 0.465 e. The van der Waals surface area contributed by atoms with Crippen molar-refractivity contribution in [3.8, 4) is 0 Å². The minimum atomic E-state index is -0.969. The summed E-state index contributed by atoms with van der Waals surface area (Å²) in [6, 6.07) is 0. The Morgan fingerprint density at radius 2 is 1.94 bits per heavy atom. The van der Waals surface area contributed by atoms with E-state index in [9.17, 15) is 4.79 Å². The minimum Gasteiger partial charge on any atom is -0.465 e. The Morgan fingerprint density at radius 3 is 2.12 bits per heavy atom. The molecule has 5 nitrogen and oxygen atoms in total. The molecule has 0 aromatic heterocycles. The molecule has 0 aromatic rings. The molecule has 1 rings (SSSR count). The Morgan fingerprint density at radius 1 is 1.38 bits per heavy atom. The summed E-state index contributed by atoms with van der Waals surface area (Å²) in [7, 11) is 0. The van der Waals surface area contributed by atoms with E-state index in [1.54, 1.807) is 12.3 Å². The van der Waals surface area contributed by atoms with Crippen LogP contribution in [0, 0.1) is 0 Å². The molecule has 0 radical (unpaired) electrons. The highest BCUT2D eigenvalue weighted by atomic mass is 16.4. The summed E-state index contributed by atoms with van der Waals surface area (Å²) in [6.07, 6.45) is 3.65. The number of nitrogens with zero attached hydrogens (tertiary/aromatic N) is 3. The molecule has 0 unspecified atom stereocenters. The topological polar surface area (TPSA) is 56.1 Å². The SMILES string of the molecule is CCN(CC)CC.O=C(O)N1C=CC=NC1. The van der Waals surface area contributed by atoms with E-state index in [0.717, 1.165) is 4.90 Å². The lowest BCUT2D eigenvalue weighted by atomic mass is 10.5. The van der Waals surface area contributed by atoms with Crippen molar-refractivity contribution in [3.05, 3.63) is 12.3 Å². The third-order valence-electron chi connectivity index (χ3n) is 2.28. The lowest BCUT2D eigenvalue weighted by Crippen LogP contribution is -2.25. The quantitative estimate of drug-likeness (QED) is 0.800. The predicted molar refractivity (Wildman–Crippen MR) is 65.8 cm³/mol. The average Bonchev–Trinajstić information content (AvgIpc) is 2.33. The van der Waals surface area contributed by atoms with Crippen LogP contribution in [0.3, 0.4) is 0 Å². The second-order valence-electron chi connectivity index (χ2n) is 3.19. The van der Waals surface area contributed by atoms with Crippen molar-refractivity contribution in [2.75, 3.05) is 26.3 Å². The fourth-order valence-electron chi connectivity index (χ4n) is 1.18. The molecule has 0 fully saturated rings. The van der Waals surface area contributed by atoms with Crippen LogP contribution in [0.2, 0.25) is 0 Å². The van der Waals surface area contributed by atoms with Crippen LogP contribution in [0.1, 0.15) is 20.8 Å². The first kappa shape index (κ1) is 14.6. The number of allylic oxidation sites excluding steroid dienone is 1. The number of carboxylic acid groups (broad SMARTS) is 1. The van der Waals surface area contributed by atoms with Gasteiger partial charge in [0.1, 0.15) is 6.67 Å². The molecule has 0 saturated heterocycles. The molecule has 0 bridgehead atoms. The van der Waals surface area contributed by atoms with E-state index in [0.29, 0.717) is 0 Å². The van der Waals surface area contributed by atoms with E-state index < -0.39 is 6.09 Å². The van der Waals surface area contributed by atoms with Gasteiger partial charge in [0, 0.05) is 12.4 Å². The Hall–Kier alpha value is -1.36. The monoisotopic (exact) mass is 227 g/mol. The molecule has 0 saturated carbocycles. The molecular formula is C11H21N3O2. The smallest absolute Gasteiger partial charge is 0.412 e. The van der Waals surface area contributed by atoms with E-state index in [1.165, 1.54) is 25.8 Å². The van der Waals surface area contributed by atoms with Gasteiger partial charge in [0.15, 0.2) is 0 Å². The molecule has 0 atom stereocenters. The van der Waals surface area contributed by atoms with Crippen LogP contribution in [0.25, 0.3) is 0 Å². The molecule has 1 amide bonds. The summed E-state index contributed by atoms with van der Waals surface area (Å²) < 4.78 is 0. The first-order valence-corrected chi connectivity index (χ1v) is 5.54. The molecular weight excluding hydrogens is 206 g/mol. The molecule has 1 N–H and O–H groups in total. The molecule has 0 aromatic carbocycles. The maximum atomic E-state index is 10.2. The van der Waals surface area contributed by atoms with Crippen LogP contribution >= 0.6 is 0 Å². The van der Waals surface area contributed by atoms with Crippen molar-refractivity contribution in [2.24, 2.45) is 4.99 Å². The second kappa shape index (κ2) is 8.91. The zero-order valence-electron chi connectivity index (χ0n) is 10.3. The van der Waals surface area contributed by atoms with Crippen LogP contribution in [0.5, 0.6) is 0 Å². The Labute approximate surface area is 97.1 Å². The van der Waals surface area contributed by atoms with E-state index >= 15 is 0 Å². The summed E-state index contributed by atoms with van der Waals surface area (Å²) in [6.45, 7) is 10.3. The van der Waals surface area contributed by atoms with Crippen LogP contribution < -0.4 is 0 Å². The van der Waals surface area contributed by atoms with Gasteiger partial charge in [-0.3, -0.25) is 9.89 Å². The summed E-state index contributed by atoms with van der Waals surface area (Å²) in [5.74, 6) is 0. The van der Waals surface area contributed by atoms with Gasteiger partial charge in [-0.2, -0.15) is 0 Å². The Kier molecular flexibility index (Phi) is 8.15. The lowest BCUT2D eigenvalue weighted by molar-refractivity contribution is 0.164. The first-order valence-electron chi connectivity index (χ1n) is 5.54. The van der Waals surface area contributed by atoms with E-state index in [1.807, 2.05) is 0 Å². The summed E-state index contributed by atoms with van der Waals surface area (Å²) in [5, 5.41) is 8.34. The first-order chi connectivity index (χ1) is 7.65. The molecule has 0 spiro atoms. The lowest BCUT2D eigenvalue weighted by Gasteiger charge is -2.13. The number of amides is 1. The van der Waals surface area contributed by atoms with Crippen molar-refractivity contribution in [3.63, 3.8) is 0 Å². The van der Waals surface area contributed by atoms with Gasteiger partial charge in [0.05, 0.1) is 0 Å². The number of hydrogen-bond donors (Lipinski definition) is 1. The van der Waals surface area contributed by atoms with E-state index in [4.69, 9.17) is 5.11 Å². The van der Waals surface area contributed by atoms with Crippen molar-refractivity contribution in [2.45, 2.75) is 20.8 Å². The third-order valence-corrected chi connectivity index (χ3v) is 2.28. The van der Waals surface area contributed by atoms with E-state index in [2.05, 4.69) is 30.7 Å². The van der Waals surface area contributed by atoms with Gasteiger partial charge < -0.3 is 10.0 Å². The van der Waals surface area contributed by atoms with Gasteiger partial charge in [-0.1, -0.05) is 20.8 Å². The summed E-state index contributed by atoms with van der Waals surface area (Å²) in [4.78, 5) is 17.3. The maximum absolute atomic E-state index is 10.2. The molecule has 1 aliphatic heterocycles.